The van der Waals surface area contributed by atoms with Gasteiger partial charge in [-0.1, -0.05) is 0 Å². The van der Waals surface area contributed by atoms with Gasteiger partial charge in [0.1, 0.15) is 0 Å². The van der Waals surface area contributed by atoms with E-state index < -0.39 is 11.9 Å². The highest BCUT2D eigenvalue weighted by molar-refractivity contribution is 7.90. The van der Waals surface area contributed by atoms with Crippen molar-refractivity contribution < 1.29 is 18.0 Å². The van der Waals surface area contributed by atoms with E-state index in [2.05, 4.69) is 8.37 Å². The lowest BCUT2D eigenvalue weighted by Gasteiger charge is -1.99. The second-order valence-corrected chi connectivity index (χ2v) is 3.08. The molecule has 4 nitrogen and oxygen atoms in total. The molecule has 0 aliphatic heterocycles. The van der Waals surface area contributed by atoms with Crippen LogP contribution in [0.2, 0.25) is 0 Å². The van der Waals surface area contributed by atoms with Gasteiger partial charge in [-0.3, -0.25) is 9.59 Å². The average molecular weight is 247 g/mol. The van der Waals surface area contributed by atoms with Gasteiger partial charge >= 0.3 is 11.9 Å². The van der Waals surface area contributed by atoms with Crippen molar-refractivity contribution in [1.82, 2.24) is 0 Å². The normalized spacial score (nSPS) is 9.38. The number of alkyl halides is 2. The lowest BCUT2D eigenvalue weighted by molar-refractivity contribution is -0.135. The zero-order chi connectivity index (χ0) is 10.1. The Morgan fingerprint density at radius 2 is 1.38 bits per heavy atom. The first-order chi connectivity index (χ1) is 6.20. The van der Waals surface area contributed by atoms with E-state index in [4.69, 9.17) is 23.2 Å². The number of halogens is 2. The highest BCUT2D eigenvalue weighted by Gasteiger charge is 2.07. The smallest absolute Gasteiger partial charge is 0.322 e. The van der Waals surface area contributed by atoms with Crippen LogP contribution in [-0.4, -0.2) is 23.7 Å². The lowest BCUT2D eigenvalue weighted by atomic mass is 10.5. The van der Waals surface area contributed by atoms with Gasteiger partial charge in [-0.2, -0.15) is 0 Å². The Kier molecular flexibility index (Phi) is 8.38. The summed E-state index contributed by atoms with van der Waals surface area (Å²) in [5.41, 5.74) is 0. The van der Waals surface area contributed by atoms with Crippen LogP contribution in [0.4, 0.5) is 0 Å². The fraction of sp³-hybridized carbons (Fsp3) is 0.667. The minimum absolute atomic E-state index is 0.0849. The molecule has 0 fully saturated rings. The van der Waals surface area contributed by atoms with Crippen molar-refractivity contribution in [2.45, 2.75) is 12.8 Å². The lowest BCUT2D eigenvalue weighted by Crippen LogP contribution is -2.03. The molecule has 0 saturated heterocycles. The van der Waals surface area contributed by atoms with Gasteiger partial charge in [-0.15, -0.1) is 23.2 Å². The van der Waals surface area contributed by atoms with E-state index in [-0.39, 0.29) is 24.6 Å². The summed E-state index contributed by atoms with van der Waals surface area (Å²) in [5, 5.41) is 0. The van der Waals surface area contributed by atoms with Crippen LogP contribution in [0.3, 0.4) is 0 Å². The fourth-order valence-electron chi connectivity index (χ4n) is 0.331. The molecule has 0 bridgehead atoms. The zero-order valence-corrected chi connectivity index (χ0v) is 8.95. The van der Waals surface area contributed by atoms with Gasteiger partial charge in [0, 0.05) is 11.8 Å². The summed E-state index contributed by atoms with van der Waals surface area (Å²) in [6, 6.07) is 0. The second-order valence-electron chi connectivity index (χ2n) is 1.86. The molecular formula is C6H8Cl2O4S. The minimum atomic E-state index is -0.529. The Balaban J connectivity index is 3.33. The Bertz CT molecular complexity index is 158. The summed E-state index contributed by atoms with van der Waals surface area (Å²) in [6.45, 7) is 0. The van der Waals surface area contributed by atoms with Crippen LogP contribution in [0, 0.1) is 0 Å². The standard InChI is InChI=1S/C6H8Cl2O4S/c7-3-1-5(9)11-13-12-6(10)2-4-8/h1-4H2. The van der Waals surface area contributed by atoms with Gasteiger partial charge in [-0.25, -0.2) is 0 Å². The molecule has 0 unspecified atom stereocenters. The topological polar surface area (TPSA) is 52.6 Å². The SMILES string of the molecule is O=C(CCCl)OSOC(=O)CCCl. The minimum Gasteiger partial charge on any atom is -0.355 e. The van der Waals surface area contributed by atoms with Gasteiger partial charge in [-0.05, 0) is 0 Å². The Hall–Kier alpha value is -0.130. The highest BCUT2D eigenvalue weighted by atomic mass is 35.5. The van der Waals surface area contributed by atoms with E-state index in [1.165, 1.54) is 0 Å². The molecule has 76 valence electrons. The number of carbonyl (C=O) groups excluding carboxylic acids is 2. The van der Waals surface area contributed by atoms with Crippen molar-refractivity contribution in [3.8, 4) is 0 Å². The molecule has 13 heavy (non-hydrogen) atoms. The predicted molar refractivity (Wildman–Crippen MR) is 50.4 cm³/mol. The van der Waals surface area contributed by atoms with Crippen molar-refractivity contribution in [3.05, 3.63) is 0 Å². The number of hydrogen-bond donors (Lipinski definition) is 0. The van der Waals surface area contributed by atoms with E-state index in [1.807, 2.05) is 0 Å². The molecule has 0 rings (SSSR count). The molecule has 0 atom stereocenters. The molecule has 0 N–H and O–H groups in total. The van der Waals surface area contributed by atoms with Crippen LogP contribution in [0.5, 0.6) is 0 Å². The third-order valence-corrected chi connectivity index (χ3v) is 1.74. The quantitative estimate of drug-likeness (QED) is 0.530. The molecule has 7 heteroatoms. The maximum absolute atomic E-state index is 10.6. The van der Waals surface area contributed by atoms with Gasteiger partial charge in [0.05, 0.1) is 12.8 Å². The summed E-state index contributed by atoms with van der Waals surface area (Å²) >= 11 is 10.8. The van der Waals surface area contributed by atoms with E-state index in [1.54, 1.807) is 0 Å². The number of carbonyl (C=O) groups is 2. The van der Waals surface area contributed by atoms with E-state index in [9.17, 15) is 9.59 Å². The van der Waals surface area contributed by atoms with Crippen LogP contribution >= 0.6 is 35.5 Å². The molecule has 0 aliphatic rings. The van der Waals surface area contributed by atoms with E-state index in [0.29, 0.717) is 12.3 Å². The Labute approximate surface area is 90.3 Å². The number of hydrogen-bond acceptors (Lipinski definition) is 5. The first kappa shape index (κ1) is 12.9. The zero-order valence-electron chi connectivity index (χ0n) is 6.63. The van der Waals surface area contributed by atoms with Gasteiger partial charge in [0.15, 0.2) is 0 Å². The van der Waals surface area contributed by atoms with Crippen LogP contribution in [0.1, 0.15) is 12.8 Å². The first-order valence-electron chi connectivity index (χ1n) is 3.39. The fourth-order valence-corrected chi connectivity index (χ4v) is 0.992. The van der Waals surface area contributed by atoms with E-state index in [0.717, 1.165) is 0 Å². The monoisotopic (exact) mass is 246 g/mol. The van der Waals surface area contributed by atoms with Crippen molar-refractivity contribution >= 4 is 47.5 Å². The molecule has 0 aliphatic carbocycles. The molecule has 0 aromatic carbocycles. The van der Waals surface area contributed by atoms with Gasteiger partial charge in [0.25, 0.3) is 12.3 Å². The van der Waals surface area contributed by atoms with Crippen LogP contribution < -0.4 is 0 Å². The van der Waals surface area contributed by atoms with Crippen molar-refractivity contribution in [3.63, 3.8) is 0 Å². The summed E-state index contributed by atoms with van der Waals surface area (Å²) in [6.07, 6.45) is 0.170. The van der Waals surface area contributed by atoms with Gasteiger partial charge in [0.2, 0.25) is 0 Å². The third kappa shape index (κ3) is 8.21. The highest BCUT2D eigenvalue weighted by Crippen LogP contribution is 2.08. The summed E-state index contributed by atoms with van der Waals surface area (Å²) in [5.74, 6) is -0.707. The van der Waals surface area contributed by atoms with Gasteiger partial charge < -0.3 is 8.37 Å². The van der Waals surface area contributed by atoms with E-state index >= 15 is 0 Å². The molecule has 0 saturated carbocycles. The van der Waals surface area contributed by atoms with Crippen molar-refractivity contribution in [2.75, 3.05) is 11.8 Å². The van der Waals surface area contributed by atoms with Crippen LogP contribution in [-0.2, 0) is 18.0 Å². The van der Waals surface area contributed by atoms with Crippen molar-refractivity contribution in [1.29, 1.82) is 0 Å². The maximum Gasteiger partial charge on any atom is 0.322 e. The van der Waals surface area contributed by atoms with Crippen molar-refractivity contribution in [2.24, 2.45) is 0 Å². The van der Waals surface area contributed by atoms with Crippen LogP contribution in [0.15, 0.2) is 0 Å². The molecule has 0 aromatic heterocycles. The average Bonchev–Trinajstić information content (AvgIpc) is 2.05. The summed E-state index contributed by atoms with van der Waals surface area (Å²) in [4.78, 5) is 21.3. The second kappa shape index (κ2) is 8.47. The summed E-state index contributed by atoms with van der Waals surface area (Å²) < 4.78 is 8.81. The third-order valence-electron chi connectivity index (χ3n) is 0.851. The Morgan fingerprint density at radius 3 is 1.69 bits per heavy atom. The molecule has 0 spiro atoms. The molecule has 0 amide bonds. The largest absolute Gasteiger partial charge is 0.355 e. The maximum atomic E-state index is 10.6. The predicted octanol–water partition coefficient (Wildman–Crippen LogP) is 1.89. The molecule has 0 heterocycles. The molecular weight excluding hydrogens is 239 g/mol. The molecule has 0 aromatic rings. The summed E-state index contributed by atoms with van der Waals surface area (Å²) in [7, 11) is 0. The van der Waals surface area contributed by atoms with Crippen LogP contribution in [0.25, 0.3) is 0 Å². The number of rotatable bonds is 6. The first-order valence-corrected chi connectivity index (χ1v) is 5.13. The molecule has 0 radical (unpaired) electrons. The Morgan fingerprint density at radius 1 is 1.00 bits per heavy atom.